The zero-order valence-corrected chi connectivity index (χ0v) is 13.3. The molecule has 1 aliphatic rings. The number of fused-ring (bicyclic) bond motifs is 1. The number of amides is 1. The van der Waals surface area contributed by atoms with Crippen molar-refractivity contribution in [1.82, 2.24) is 4.98 Å². The van der Waals surface area contributed by atoms with Gasteiger partial charge in [-0.1, -0.05) is 34.8 Å². The van der Waals surface area contributed by atoms with E-state index in [1.807, 2.05) is 0 Å². The normalized spacial score (nSPS) is 12.9. The number of carbonyl (C=O) groups excluding carboxylic acids is 1. The van der Waals surface area contributed by atoms with Crippen LogP contribution in [0.4, 0.5) is 5.69 Å². The van der Waals surface area contributed by atoms with E-state index in [1.165, 1.54) is 12.3 Å². The lowest BCUT2D eigenvalue weighted by Gasteiger charge is -2.20. The second-order valence-corrected chi connectivity index (χ2v) is 5.60. The molecule has 0 spiro atoms. The highest BCUT2D eigenvalue weighted by molar-refractivity contribution is 6.41. The zero-order chi connectivity index (χ0) is 15.7. The lowest BCUT2D eigenvalue weighted by atomic mass is 10.2. The predicted octanol–water partition coefficient (Wildman–Crippen LogP) is 4.07. The van der Waals surface area contributed by atoms with Gasteiger partial charge in [0.05, 0.1) is 21.3 Å². The monoisotopic (exact) mass is 358 g/mol. The molecule has 1 aromatic carbocycles. The Kier molecular flexibility index (Phi) is 4.29. The fourth-order valence-corrected chi connectivity index (χ4v) is 2.37. The van der Waals surface area contributed by atoms with Gasteiger partial charge in [-0.25, -0.2) is 4.98 Å². The van der Waals surface area contributed by atoms with Crippen LogP contribution in [0.15, 0.2) is 24.4 Å². The van der Waals surface area contributed by atoms with E-state index in [4.69, 9.17) is 44.3 Å². The fourth-order valence-electron chi connectivity index (χ4n) is 1.90. The second kappa shape index (κ2) is 6.20. The molecule has 114 valence electrons. The van der Waals surface area contributed by atoms with E-state index in [9.17, 15) is 4.79 Å². The molecule has 2 heterocycles. The van der Waals surface area contributed by atoms with Gasteiger partial charge in [-0.15, -0.1) is 0 Å². The minimum Gasteiger partial charge on any atom is -0.486 e. The second-order valence-electron chi connectivity index (χ2n) is 4.43. The van der Waals surface area contributed by atoms with Crippen LogP contribution < -0.4 is 14.8 Å². The molecule has 1 aliphatic heterocycles. The Morgan fingerprint density at radius 1 is 1.05 bits per heavy atom. The number of halogens is 3. The number of benzene rings is 1. The Balaban J connectivity index is 1.86. The van der Waals surface area contributed by atoms with Crippen molar-refractivity contribution in [3.63, 3.8) is 0 Å². The van der Waals surface area contributed by atoms with E-state index in [1.54, 1.807) is 12.1 Å². The summed E-state index contributed by atoms with van der Waals surface area (Å²) >= 11 is 17.7. The number of rotatable bonds is 2. The quantitative estimate of drug-likeness (QED) is 0.821. The van der Waals surface area contributed by atoms with Gasteiger partial charge in [-0.05, 0) is 6.07 Å². The molecule has 0 fully saturated rings. The highest BCUT2D eigenvalue weighted by Crippen LogP contribution is 2.38. The van der Waals surface area contributed by atoms with Crippen molar-refractivity contribution in [3.05, 3.63) is 45.2 Å². The van der Waals surface area contributed by atoms with Crippen molar-refractivity contribution < 1.29 is 14.3 Å². The van der Waals surface area contributed by atoms with Crippen LogP contribution in [-0.4, -0.2) is 24.1 Å². The third-order valence-electron chi connectivity index (χ3n) is 2.94. The van der Waals surface area contributed by atoms with Crippen molar-refractivity contribution >= 4 is 46.4 Å². The number of pyridine rings is 1. The van der Waals surface area contributed by atoms with Gasteiger partial charge in [-0.3, -0.25) is 4.79 Å². The van der Waals surface area contributed by atoms with Crippen molar-refractivity contribution in [3.8, 4) is 11.5 Å². The largest absolute Gasteiger partial charge is 0.486 e. The summed E-state index contributed by atoms with van der Waals surface area (Å²) in [6, 6.07) is 4.64. The Hall–Kier alpha value is -1.69. The van der Waals surface area contributed by atoms with Crippen LogP contribution in [0.1, 0.15) is 10.4 Å². The number of hydrogen-bond acceptors (Lipinski definition) is 4. The minimum absolute atomic E-state index is 0.135. The maximum absolute atomic E-state index is 12.2. The number of nitrogens with zero attached hydrogens (tertiary/aromatic N) is 1. The third kappa shape index (κ3) is 3.06. The summed E-state index contributed by atoms with van der Waals surface area (Å²) in [5, 5.41) is 3.35. The molecule has 3 rings (SSSR count). The first-order valence-electron chi connectivity index (χ1n) is 6.26. The molecule has 0 unspecified atom stereocenters. The molecule has 0 bridgehead atoms. The predicted molar refractivity (Wildman–Crippen MR) is 84.7 cm³/mol. The number of hydrogen-bond donors (Lipinski definition) is 1. The lowest BCUT2D eigenvalue weighted by Crippen LogP contribution is -2.17. The van der Waals surface area contributed by atoms with Gasteiger partial charge in [0.2, 0.25) is 0 Å². The molecule has 0 saturated heterocycles. The average molecular weight is 360 g/mol. The Bertz CT molecular complexity index is 752. The fraction of sp³-hybridized carbons (Fsp3) is 0.143. The standard InChI is InChI=1S/C14H9Cl3N2O3/c15-8-4-11-12(22-2-1-21-11)5-10(8)19-14(20)7-3-9(16)13(17)18-6-7/h3-6H,1-2H2,(H,19,20). The van der Waals surface area contributed by atoms with E-state index in [2.05, 4.69) is 10.3 Å². The molecule has 0 aliphatic carbocycles. The van der Waals surface area contributed by atoms with Gasteiger partial charge in [0, 0.05) is 18.3 Å². The SMILES string of the molecule is O=C(Nc1cc2c(cc1Cl)OCCO2)c1cnc(Cl)c(Cl)c1. The summed E-state index contributed by atoms with van der Waals surface area (Å²) in [7, 11) is 0. The van der Waals surface area contributed by atoms with Gasteiger partial charge >= 0.3 is 0 Å². The summed E-state index contributed by atoms with van der Waals surface area (Å²) in [5.74, 6) is 0.660. The van der Waals surface area contributed by atoms with Crippen molar-refractivity contribution in [2.24, 2.45) is 0 Å². The van der Waals surface area contributed by atoms with Crippen molar-refractivity contribution in [1.29, 1.82) is 0 Å². The highest BCUT2D eigenvalue weighted by atomic mass is 35.5. The van der Waals surface area contributed by atoms with E-state index < -0.39 is 5.91 Å². The summed E-state index contributed by atoms with van der Waals surface area (Å²) in [4.78, 5) is 16.0. The topological polar surface area (TPSA) is 60.5 Å². The van der Waals surface area contributed by atoms with Gasteiger partial charge in [-0.2, -0.15) is 0 Å². The molecule has 2 aromatic rings. The van der Waals surface area contributed by atoms with Crippen molar-refractivity contribution in [2.45, 2.75) is 0 Å². The molecular formula is C14H9Cl3N2O3. The van der Waals surface area contributed by atoms with Crippen LogP contribution in [-0.2, 0) is 0 Å². The molecule has 5 nitrogen and oxygen atoms in total. The number of nitrogens with one attached hydrogen (secondary N) is 1. The Morgan fingerprint density at radius 3 is 2.41 bits per heavy atom. The molecule has 0 saturated carbocycles. The number of aromatic nitrogens is 1. The van der Waals surface area contributed by atoms with Crippen LogP contribution >= 0.6 is 34.8 Å². The first-order valence-corrected chi connectivity index (χ1v) is 7.39. The smallest absolute Gasteiger partial charge is 0.257 e. The van der Waals surface area contributed by atoms with E-state index in [0.717, 1.165) is 0 Å². The Morgan fingerprint density at radius 2 is 1.73 bits per heavy atom. The zero-order valence-electron chi connectivity index (χ0n) is 11.0. The first kappa shape index (κ1) is 15.2. The van der Waals surface area contributed by atoms with Crippen LogP contribution in [0.25, 0.3) is 0 Å². The average Bonchev–Trinajstić information content (AvgIpc) is 2.50. The van der Waals surface area contributed by atoms with Crippen LogP contribution in [0.5, 0.6) is 11.5 Å². The maximum Gasteiger partial charge on any atom is 0.257 e. The minimum atomic E-state index is -0.412. The van der Waals surface area contributed by atoms with Crippen LogP contribution in [0, 0.1) is 0 Å². The Labute approximate surface area is 141 Å². The van der Waals surface area contributed by atoms with E-state index in [-0.39, 0.29) is 15.7 Å². The van der Waals surface area contributed by atoms with Gasteiger partial charge < -0.3 is 14.8 Å². The molecule has 1 aromatic heterocycles. The molecule has 8 heteroatoms. The lowest BCUT2D eigenvalue weighted by molar-refractivity contribution is 0.102. The van der Waals surface area contributed by atoms with Crippen molar-refractivity contribution in [2.75, 3.05) is 18.5 Å². The van der Waals surface area contributed by atoms with Crippen LogP contribution in [0.3, 0.4) is 0 Å². The maximum atomic E-state index is 12.2. The molecule has 1 amide bonds. The van der Waals surface area contributed by atoms with E-state index >= 15 is 0 Å². The molecular weight excluding hydrogens is 351 g/mol. The summed E-state index contributed by atoms with van der Waals surface area (Å²) in [5.41, 5.74) is 0.669. The number of ether oxygens (including phenoxy) is 2. The number of carbonyl (C=O) groups is 1. The highest BCUT2D eigenvalue weighted by Gasteiger charge is 2.17. The molecule has 1 N–H and O–H groups in total. The summed E-state index contributed by atoms with van der Waals surface area (Å²) in [6.45, 7) is 0.905. The van der Waals surface area contributed by atoms with Gasteiger partial charge in [0.1, 0.15) is 18.4 Å². The summed E-state index contributed by atoms with van der Waals surface area (Å²) < 4.78 is 10.9. The van der Waals surface area contributed by atoms with Gasteiger partial charge in [0.25, 0.3) is 5.91 Å². The van der Waals surface area contributed by atoms with Crippen LogP contribution in [0.2, 0.25) is 15.2 Å². The number of anilines is 1. The summed E-state index contributed by atoms with van der Waals surface area (Å²) in [6.07, 6.45) is 1.33. The van der Waals surface area contributed by atoms with E-state index in [0.29, 0.717) is 35.4 Å². The molecule has 0 atom stereocenters. The third-order valence-corrected chi connectivity index (χ3v) is 3.94. The van der Waals surface area contributed by atoms with Gasteiger partial charge in [0.15, 0.2) is 11.5 Å². The first-order chi connectivity index (χ1) is 10.5. The molecule has 0 radical (unpaired) electrons. The molecule has 22 heavy (non-hydrogen) atoms.